The molecule has 0 aromatic carbocycles. The van der Waals surface area contributed by atoms with Gasteiger partial charge in [0.1, 0.15) is 0 Å². The Kier molecular flexibility index (Phi) is 4.95. The summed E-state index contributed by atoms with van der Waals surface area (Å²) in [7, 11) is 0. The highest BCUT2D eigenvalue weighted by molar-refractivity contribution is 5.66. The predicted octanol–water partition coefficient (Wildman–Crippen LogP) is 1.56. The number of carboxylic acids is 1. The van der Waals surface area contributed by atoms with Crippen LogP contribution in [0.2, 0.25) is 0 Å². The van der Waals surface area contributed by atoms with Crippen molar-refractivity contribution in [3.8, 4) is 0 Å². The van der Waals surface area contributed by atoms with Gasteiger partial charge in [0.05, 0.1) is 0 Å². The Hall–Kier alpha value is -0.610. The molecule has 0 aromatic rings. The van der Waals surface area contributed by atoms with E-state index in [1.165, 1.54) is 0 Å². The van der Waals surface area contributed by atoms with Gasteiger partial charge in [-0.2, -0.15) is 0 Å². The first-order valence-corrected chi connectivity index (χ1v) is 6.49. The smallest absolute Gasteiger partial charge is 0.303 e. The van der Waals surface area contributed by atoms with E-state index in [1.54, 1.807) is 0 Å². The Morgan fingerprint density at radius 1 is 1.41 bits per heavy atom. The molecule has 4 heteroatoms. The molecule has 1 rings (SSSR count). The molecule has 0 radical (unpaired) electrons. The summed E-state index contributed by atoms with van der Waals surface area (Å²) < 4.78 is 0. The van der Waals surface area contributed by atoms with Gasteiger partial charge < -0.3 is 10.4 Å². The molecule has 0 spiro atoms. The number of carbonyl (C=O) groups is 1. The van der Waals surface area contributed by atoms with Crippen molar-refractivity contribution in [2.45, 2.75) is 52.1 Å². The summed E-state index contributed by atoms with van der Waals surface area (Å²) in [6, 6.07) is 0.301. The first-order chi connectivity index (χ1) is 7.79. The molecule has 0 amide bonds. The van der Waals surface area contributed by atoms with Gasteiger partial charge >= 0.3 is 5.97 Å². The second-order valence-corrected chi connectivity index (χ2v) is 6.22. The van der Waals surface area contributed by atoms with Crippen LogP contribution in [0.5, 0.6) is 0 Å². The zero-order valence-corrected chi connectivity index (χ0v) is 11.5. The molecule has 1 fully saturated rings. The van der Waals surface area contributed by atoms with Crippen LogP contribution in [-0.2, 0) is 4.79 Å². The molecule has 1 aliphatic rings. The van der Waals surface area contributed by atoms with Crippen LogP contribution in [0, 0.1) is 5.92 Å². The lowest BCUT2D eigenvalue weighted by atomic mass is 10.0. The lowest BCUT2D eigenvalue weighted by Crippen LogP contribution is -2.47. The normalized spacial score (nSPS) is 27.8. The average molecular weight is 242 g/mol. The number of nitrogens with zero attached hydrogens (tertiary/aromatic N) is 1. The minimum atomic E-state index is -0.702. The Labute approximate surface area is 104 Å². The Bertz CT molecular complexity index is 261. The predicted molar refractivity (Wildman–Crippen MR) is 69.2 cm³/mol. The zero-order chi connectivity index (χ0) is 13.1. The van der Waals surface area contributed by atoms with E-state index in [0.29, 0.717) is 18.4 Å². The highest BCUT2D eigenvalue weighted by Crippen LogP contribution is 2.19. The first kappa shape index (κ1) is 14.5. The van der Waals surface area contributed by atoms with Crippen molar-refractivity contribution in [1.29, 1.82) is 0 Å². The van der Waals surface area contributed by atoms with Crippen LogP contribution in [-0.4, -0.2) is 47.2 Å². The first-order valence-electron chi connectivity index (χ1n) is 6.49. The standard InChI is InChI=1S/C13H26N2O2/c1-10-7-14-11(5-6-12(16)17)9-15(8-10)13(2,3)4/h10-11,14H,5-9H2,1-4H3,(H,16,17). The van der Waals surface area contributed by atoms with E-state index in [2.05, 4.69) is 37.9 Å². The molecule has 0 bridgehead atoms. The van der Waals surface area contributed by atoms with Crippen molar-refractivity contribution >= 4 is 5.97 Å². The molecule has 0 saturated carbocycles. The summed E-state index contributed by atoms with van der Waals surface area (Å²) in [4.78, 5) is 13.1. The van der Waals surface area contributed by atoms with E-state index in [9.17, 15) is 4.79 Å². The second-order valence-electron chi connectivity index (χ2n) is 6.22. The molecule has 0 aliphatic carbocycles. The molecule has 100 valence electrons. The summed E-state index contributed by atoms with van der Waals surface area (Å²) in [5, 5.41) is 12.2. The van der Waals surface area contributed by atoms with E-state index in [0.717, 1.165) is 19.6 Å². The molecule has 4 nitrogen and oxygen atoms in total. The van der Waals surface area contributed by atoms with Gasteiger partial charge in [-0.3, -0.25) is 9.69 Å². The van der Waals surface area contributed by atoms with E-state index in [1.807, 2.05) is 0 Å². The average Bonchev–Trinajstić information content (AvgIpc) is 2.36. The van der Waals surface area contributed by atoms with Crippen molar-refractivity contribution in [1.82, 2.24) is 10.2 Å². The highest BCUT2D eigenvalue weighted by atomic mass is 16.4. The van der Waals surface area contributed by atoms with Crippen molar-refractivity contribution < 1.29 is 9.90 Å². The summed E-state index contributed by atoms with van der Waals surface area (Å²) in [5.74, 6) is -0.0875. The molecule has 1 heterocycles. The number of hydrogen-bond acceptors (Lipinski definition) is 3. The Balaban J connectivity index is 2.58. The summed E-state index contributed by atoms with van der Waals surface area (Å²) in [5.41, 5.74) is 0.155. The fourth-order valence-electron chi connectivity index (χ4n) is 2.25. The molecule has 1 aliphatic heterocycles. The fraction of sp³-hybridized carbons (Fsp3) is 0.923. The molecule has 1 saturated heterocycles. The summed E-state index contributed by atoms with van der Waals surface area (Å²) in [6.07, 6.45) is 0.971. The third-order valence-electron chi connectivity index (χ3n) is 3.38. The van der Waals surface area contributed by atoms with Gasteiger partial charge in [-0.05, 0) is 39.7 Å². The minimum absolute atomic E-state index is 0.155. The third kappa shape index (κ3) is 5.04. The van der Waals surface area contributed by atoms with Crippen LogP contribution in [0.15, 0.2) is 0 Å². The lowest BCUT2D eigenvalue weighted by Gasteiger charge is -2.37. The van der Waals surface area contributed by atoms with Gasteiger partial charge in [0.25, 0.3) is 0 Å². The lowest BCUT2D eigenvalue weighted by molar-refractivity contribution is -0.137. The van der Waals surface area contributed by atoms with Gasteiger partial charge in [0.2, 0.25) is 0 Å². The van der Waals surface area contributed by atoms with Crippen molar-refractivity contribution in [3.63, 3.8) is 0 Å². The van der Waals surface area contributed by atoms with E-state index in [4.69, 9.17) is 5.11 Å². The number of rotatable bonds is 3. The molecule has 2 N–H and O–H groups in total. The minimum Gasteiger partial charge on any atom is -0.481 e. The van der Waals surface area contributed by atoms with Gasteiger partial charge in [-0.15, -0.1) is 0 Å². The van der Waals surface area contributed by atoms with Crippen LogP contribution in [0.3, 0.4) is 0 Å². The SMILES string of the molecule is CC1CNC(CCC(=O)O)CN(C(C)(C)C)C1. The van der Waals surface area contributed by atoms with Crippen molar-refractivity contribution in [2.75, 3.05) is 19.6 Å². The van der Waals surface area contributed by atoms with E-state index in [-0.39, 0.29) is 12.0 Å². The van der Waals surface area contributed by atoms with E-state index < -0.39 is 5.97 Å². The largest absolute Gasteiger partial charge is 0.481 e. The van der Waals surface area contributed by atoms with E-state index >= 15 is 0 Å². The summed E-state index contributed by atoms with van der Waals surface area (Å²) >= 11 is 0. The summed E-state index contributed by atoms with van der Waals surface area (Å²) in [6.45, 7) is 11.9. The Morgan fingerprint density at radius 3 is 2.59 bits per heavy atom. The monoisotopic (exact) mass is 242 g/mol. The molecule has 2 unspecified atom stereocenters. The second kappa shape index (κ2) is 5.83. The van der Waals surface area contributed by atoms with Gasteiger partial charge in [-0.25, -0.2) is 0 Å². The van der Waals surface area contributed by atoms with Crippen LogP contribution >= 0.6 is 0 Å². The zero-order valence-electron chi connectivity index (χ0n) is 11.5. The number of nitrogens with one attached hydrogen (secondary N) is 1. The maximum absolute atomic E-state index is 10.6. The number of hydrogen-bond donors (Lipinski definition) is 2. The topological polar surface area (TPSA) is 52.6 Å². The van der Waals surface area contributed by atoms with Crippen LogP contribution in [0.4, 0.5) is 0 Å². The quantitative estimate of drug-likeness (QED) is 0.788. The maximum atomic E-state index is 10.6. The van der Waals surface area contributed by atoms with Crippen LogP contribution in [0.1, 0.15) is 40.5 Å². The van der Waals surface area contributed by atoms with Crippen LogP contribution < -0.4 is 5.32 Å². The van der Waals surface area contributed by atoms with Crippen molar-refractivity contribution in [2.24, 2.45) is 5.92 Å². The molecule has 0 aromatic heterocycles. The molecule has 2 atom stereocenters. The van der Waals surface area contributed by atoms with Gasteiger partial charge in [0.15, 0.2) is 0 Å². The van der Waals surface area contributed by atoms with Crippen LogP contribution in [0.25, 0.3) is 0 Å². The highest BCUT2D eigenvalue weighted by Gasteiger charge is 2.28. The van der Waals surface area contributed by atoms with Gasteiger partial charge in [-0.1, -0.05) is 6.92 Å². The number of aliphatic carboxylic acids is 1. The molecular weight excluding hydrogens is 216 g/mol. The number of carboxylic acid groups (broad SMARTS) is 1. The third-order valence-corrected chi connectivity index (χ3v) is 3.38. The molecular formula is C13H26N2O2. The van der Waals surface area contributed by atoms with Crippen molar-refractivity contribution in [3.05, 3.63) is 0 Å². The maximum Gasteiger partial charge on any atom is 0.303 e. The fourth-order valence-corrected chi connectivity index (χ4v) is 2.25. The van der Waals surface area contributed by atoms with Gasteiger partial charge in [0, 0.05) is 31.1 Å². The Morgan fingerprint density at radius 2 is 2.06 bits per heavy atom. The molecule has 17 heavy (non-hydrogen) atoms.